The maximum absolute atomic E-state index is 14.0. The van der Waals surface area contributed by atoms with Crippen molar-refractivity contribution in [3.05, 3.63) is 71.8 Å². The molecule has 3 N–H and O–H groups in total. The molecule has 0 saturated carbocycles. The predicted octanol–water partition coefficient (Wildman–Crippen LogP) is 3.36. The Morgan fingerprint density at radius 1 is 0.731 bits per heavy atom. The van der Waals surface area contributed by atoms with Gasteiger partial charge in [0.15, 0.2) is 0 Å². The largest absolute Gasteiger partial charge is 0.361 e. The van der Waals surface area contributed by atoms with Crippen molar-refractivity contribution in [1.82, 2.24) is 15.3 Å². The van der Waals surface area contributed by atoms with E-state index in [1.54, 1.807) is 24.5 Å². The van der Waals surface area contributed by atoms with Crippen LogP contribution in [0.5, 0.6) is 0 Å². The quantitative estimate of drug-likeness (QED) is 0.487. The second-order valence-corrected chi connectivity index (χ2v) is 6.15. The molecule has 0 fully saturated rings. The third-order valence-electron chi connectivity index (χ3n) is 4.72. The van der Waals surface area contributed by atoms with Crippen LogP contribution in [0.3, 0.4) is 0 Å². The van der Waals surface area contributed by atoms with Crippen molar-refractivity contribution in [1.29, 1.82) is 0 Å². The number of hydrogen-bond donors (Lipinski definition) is 3. The normalized spacial score (nSPS) is 14.7. The lowest BCUT2D eigenvalue weighted by atomic mass is 9.95. The predicted molar refractivity (Wildman–Crippen MR) is 96.5 cm³/mol. The minimum absolute atomic E-state index is 0.247. The molecule has 2 aromatic carbocycles. The number of aromatic nitrogens is 2. The van der Waals surface area contributed by atoms with Crippen LogP contribution in [0, 0.1) is 5.82 Å². The number of amides is 2. The van der Waals surface area contributed by atoms with Crippen molar-refractivity contribution in [2.24, 2.45) is 0 Å². The zero-order valence-electron chi connectivity index (χ0n) is 13.4. The van der Waals surface area contributed by atoms with Gasteiger partial charge in [0.1, 0.15) is 5.82 Å². The van der Waals surface area contributed by atoms with Gasteiger partial charge in [0.25, 0.3) is 11.8 Å². The lowest BCUT2D eigenvalue weighted by Crippen LogP contribution is -2.22. The number of hydrogen-bond acceptors (Lipinski definition) is 2. The molecule has 2 amide bonds. The summed E-state index contributed by atoms with van der Waals surface area (Å²) in [6.07, 6.45) is 3.28. The number of carbonyl (C=O) groups is 2. The minimum Gasteiger partial charge on any atom is -0.361 e. The highest BCUT2D eigenvalue weighted by Gasteiger charge is 2.34. The zero-order valence-corrected chi connectivity index (χ0v) is 13.4. The third kappa shape index (κ3) is 1.89. The highest BCUT2D eigenvalue weighted by atomic mass is 19.1. The molecule has 26 heavy (non-hydrogen) atoms. The van der Waals surface area contributed by atoms with Crippen LogP contribution >= 0.6 is 0 Å². The first-order valence-electron chi connectivity index (χ1n) is 8.07. The summed E-state index contributed by atoms with van der Waals surface area (Å²) in [4.78, 5) is 31.1. The van der Waals surface area contributed by atoms with Gasteiger partial charge in [-0.3, -0.25) is 14.9 Å². The first kappa shape index (κ1) is 14.7. The molecule has 4 aromatic rings. The molecule has 0 aliphatic carbocycles. The molecule has 0 bridgehead atoms. The van der Waals surface area contributed by atoms with Crippen molar-refractivity contribution < 1.29 is 14.0 Å². The van der Waals surface area contributed by atoms with E-state index < -0.39 is 17.6 Å². The number of imide groups is 1. The number of fused-ring (bicyclic) bond motifs is 2. The Morgan fingerprint density at radius 2 is 1.38 bits per heavy atom. The fraction of sp³-hybridized carbons (Fsp3) is 0. The van der Waals surface area contributed by atoms with Gasteiger partial charge < -0.3 is 9.97 Å². The average Bonchev–Trinajstić information content (AvgIpc) is 3.30. The molecular weight excluding hydrogens is 333 g/mol. The van der Waals surface area contributed by atoms with E-state index in [-0.39, 0.29) is 11.1 Å². The van der Waals surface area contributed by atoms with E-state index in [2.05, 4.69) is 15.3 Å². The summed E-state index contributed by atoms with van der Waals surface area (Å²) in [5, 5.41) is 3.77. The van der Waals surface area contributed by atoms with Gasteiger partial charge in [-0.05, 0) is 12.1 Å². The molecule has 1 aliphatic heterocycles. The second kappa shape index (κ2) is 5.16. The number of aromatic amines is 2. The number of H-pyrrole nitrogens is 2. The lowest BCUT2D eigenvalue weighted by molar-refractivity contribution is -0.122. The lowest BCUT2D eigenvalue weighted by Gasteiger charge is -2.03. The van der Waals surface area contributed by atoms with Gasteiger partial charge in [0, 0.05) is 39.8 Å². The van der Waals surface area contributed by atoms with Crippen LogP contribution in [0.4, 0.5) is 4.39 Å². The van der Waals surface area contributed by atoms with Crippen LogP contribution in [0.25, 0.3) is 33.0 Å². The van der Waals surface area contributed by atoms with Crippen molar-refractivity contribution >= 4 is 44.8 Å². The molecule has 0 saturated heterocycles. The molecule has 0 radical (unpaired) electrons. The van der Waals surface area contributed by atoms with Crippen LogP contribution in [0.1, 0.15) is 11.1 Å². The first-order valence-corrected chi connectivity index (χ1v) is 8.07. The maximum atomic E-state index is 14.0. The Labute approximate surface area is 146 Å². The molecular formula is C20H12FN3O2. The van der Waals surface area contributed by atoms with Crippen molar-refractivity contribution in [3.8, 4) is 0 Å². The van der Waals surface area contributed by atoms with E-state index in [9.17, 15) is 14.0 Å². The summed E-state index contributed by atoms with van der Waals surface area (Å²) in [6, 6.07) is 12.2. The molecule has 6 heteroatoms. The van der Waals surface area contributed by atoms with Gasteiger partial charge in [0.05, 0.1) is 16.7 Å². The molecule has 5 rings (SSSR count). The topological polar surface area (TPSA) is 77.8 Å². The van der Waals surface area contributed by atoms with E-state index in [0.717, 1.165) is 10.9 Å². The van der Waals surface area contributed by atoms with Crippen molar-refractivity contribution in [2.75, 3.05) is 0 Å². The average molecular weight is 345 g/mol. The maximum Gasteiger partial charge on any atom is 0.259 e. The van der Waals surface area contributed by atoms with Crippen LogP contribution in [-0.4, -0.2) is 21.8 Å². The zero-order chi connectivity index (χ0) is 17.8. The third-order valence-corrected chi connectivity index (χ3v) is 4.72. The molecule has 0 atom stereocenters. The van der Waals surface area contributed by atoms with Gasteiger partial charge >= 0.3 is 0 Å². The Kier molecular flexibility index (Phi) is 2.91. The van der Waals surface area contributed by atoms with E-state index in [0.29, 0.717) is 22.0 Å². The molecule has 3 heterocycles. The molecule has 1 aliphatic rings. The Bertz CT molecular complexity index is 1260. The van der Waals surface area contributed by atoms with Crippen LogP contribution < -0.4 is 5.32 Å². The van der Waals surface area contributed by atoms with Crippen molar-refractivity contribution in [3.63, 3.8) is 0 Å². The highest BCUT2D eigenvalue weighted by molar-refractivity contribution is 6.50. The summed E-state index contributed by atoms with van der Waals surface area (Å²) in [6.45, 7) is 0. The first-order chi connectivity index (χ1) is 12.6. The Morgan fingerprint density at radius 3 is 2.19 bits per heavy atom. The minimum atomic E-state index is -0.486. The number of rotatable bonds is 2. The Balaban J connectivity index is 1.85. The van der Waals surface area contributed by atoms with Gasteiger partial charge in [-0.25, -0.2) is 4.39 Å². The fourth-order valence-electron chi connectivity index (χ4n) is 3.57. The van der Waals surface area contributed by atoms with Crippen molar-refractivity contribution in [2.45, 2.75) is 0 Å². The number of carbonyl (C=O) groups excluding carboxylic acids is 2. The van der Waals surface area contributed by atoms with E-state index >= 15 is 0 Å². The van der Waals surface area contributed by atoms with Gasteiger partial charge in [0.2, 0.25) is 0 Å². The van der Waals surface area contributed by atoms with Crippen LogP contribution in [0.2, 0.25) is 0 Å². The number of para-hydroxylation sites is 2. The molecule has 2 aromatic heterocycles. The van der Waals surface area contributed by atoms with Gasteiger partial charge in [-0.1, -0.05) is 30.3 Å². The van der Waals surface area contributed by atoms with E-state index in [1.807, 2.05) is 24.3 Å². The summed E-state index contributed by atoms with van der Waals surface area (Å²) >= 11 is 0. The van der Waals surface area contributed by atoms with Gasteiger partial charge in [-0.15, -0.1) is 0 Å². The molecule has 126 valence electrons. The van der Waals surface area contributed by atoms with Crippen LogP contribution in [-0.2, 0) is 9.59 Å². The molecule has 0 spiro atoms. The number of nitrogens with one attached hydrogen (secondary N) is 3. The van der Waals surface area contributed by atoms with E-state index in [4.69, 9.17) is 0 Å². The molecule has 0 unspecified atom stereocenters. The fourth-order valence-corrected chi connectivity index (χ4v) is 3.57. The summed E-state index contributed by atoms with van der Waals surface area (Å²) < 4.78 is 14.0. The summed E-state index contributed by atoms with van der Waals surface area (Å²) in [7, 11) is 0. The van der Waals surface area contributed by atoms with Gasteiger partial charge in [-0.2, -0.15) is 0 Å². The number of benzene rings is 2. The second-order valence-electron chi connectivity index (χ2n) is 6.15. The standard InChI is InChI=1S/C20H12FN3O2/c21-14-6-3-5-11-13(9-23-18(11)14)17-16(19(25)24-20(17)26)12-8-22-15-7-2-1-4-10(12)15/h1-9,22-23H,(H,24,25,26). The number of halogens is 1. The summed E-state index contributed by atoms with van der Waals surface area (Å²) in [5.74, 6) is -1.35. The van der Waals surface area contributed by atoms with E-state index in [1.165, 1.54) is 6.07 Å². The smallest absolute Gasteiger partial charge is 0.259 e. The van der Waals surface area contributed by atoms with Crippen LogP contribution in [0.15, 0.2) is 54.9 Å². The molecule has 5 nitrogen and oxygen atoms in total. The monoisotopic (exact) mass is 345 g/mol. The Hall–Kier alpha value is -3.67. The highest BCUT2D eigenvalue weighted by Crippen LogP contribution is 2.37. The SMILES string of the molecule is O=C1NC(=O)C(c2c[nH]c3c(F)cccc23)=C1c1c[nH]c2ccccc12. The summed E-state index contributed by atoms with van der Waals surface area (Å²) in [5.41, 5.74) is 2.86.